The van der Waals surface area contributed by atoms with Crippen LogP contribution in [0.4, 0.5) is 10.3 Å². The lowest BCUT2D eigenvalue weighted by Gasteiger charge is -2.35. The van der Waals surface area contributed by atoms with E-state index >= 15 is 0 Å². The Balaban J connectivity index is 1.43. The number of amides is 1. The van der Waals surface area contributed by atoms with Crippen molar-refractivity contribution >= 4 is 11.9 Å². The molecule has 11 heteroatoms. The molecule has 1 atom stereocenters. The van der Waals surface area contributed by atoms with Gasteiger partial charge in [-0.3, -0.25) is 4.79 Å². The molecule has 1 aliphatic heterocycles. The molecule has 1 amide bonds. The summed E-state index contributed by atoms with van der Waals surface area (Å²) in [6.07, 6.45) is 0.776. The fourth-order valence-corrected chi connectivity index (χ4v) is 4.32. The van der Waals surface area contributed by atoms with Crippen molar-refractivity contribution in [1.29, 1.82) is 5.26 Å². The Labute approximate surface area is 230 Å². The molecule has 1 fully saturated rings. The average Bonchev–Trinajstić information content (AvgIpc) is 3.43. The Morgan fingerprint density at radius 1 is 1.15 bits per heavy atom. The molecule has 1 saturated heterocycles. The molecule has 2 aromatic heterocycles. The van der Waals surface area contributed by atoms with Crippen LogP contribution in [0.25, 0.3) is 22.6 Å². The van der Waals surface area contributed by atoms with Gasteiger partial charge in [0.2, 0.25) is 18.1 Å². The van der Waals surface area contributed by atoms with E-state index in [4.69, 9.17) is 24.7 Å². The number of H-pyrrole nitrogens is 1. The highest BCUT2D eigenvalue weighted by molar-refractivity contribution is 5.83. The molecule has 0 saturated carbocycles. The van der Waals surface area contributed by atoms with Gasteiger partial charge in [-0.1, -0.05) is 30.3 Å². The molecule has 40 heavy (non-hydrogen) atoms. The van der Waals surface area contributed by atoms with Crippen molar-refractivity contribution in [2.24, 2.45) is 5.41 Å². The standard InChI is InChI=1S/C29H28FN7O3/c1-18(19-6-4-3-5-7-19)34-28-33-14-12-22(35-28)24-23(20-8-10-21(30)11-9-20)36-25(37-24)26-39-16-29(2,17-40-26)27(38)32-15-13-31/h3-12,14,18,26H,15-17H2,1-2H3,(H,32,38)(H,36,37)(H,33,34,35). The van der Waals surface area contributed by atoms with Crippen molar-refractivity contribution in [2.75, 3.05) is 25.1 Å². The molecule has 0 spiro atoms. The van der Waals surface area contributed by atoms with Gasteiger partial charge in [0.15, 0.2) is 5.82 Å². The van der Waals surface area contributed by atoms with Gasteiger partial charge >= 0.3 is 0 Å². The molecular weight excluding hydrogens is 513 g/mol. The summed E-state index contributed by atoms with van der Waals surface area (Å²) < 4.78 is 25.5. The van der Waals surface area contributed by atoms with E-state index in [1.165, 1.54) is 12.1 Å². The summed E-state index contributed by atoms with van der Waals surface area (Å²) in [6, 6.07) is 19.6. The minimum atomic E-state index is -0.953. The summed E-state index contributed by atoms with van der Waals surface area (Å²) in [5.74, 6) is 0.113. The van der Waals surface area contributed by atoms with E-state index in [1.807, 2.05) is 43.3 Å². The number of rotatable bonds is 8. The van der Waals surface area contributed by atoms with Gasteiger partial charge in [-0.05, 0) is 49.7 Å². The summed E-state index contributed by atoms with van der Waals surface area (Å²) >= 11 is 0. The average molecular weight is 542 g/mol. The number of hydrogen-bond acceptors (Lipinski definition) is 8. The maximum absolute atomic E-state index is 13.7. The van der Waals surface area contributed by atoms with Crippen molar-refractivity contribution in [1.82, 2.24) is 25.3 Å². The molecular formula is C29H28FN7O3. The second-order valence-corrected chi connectivity index (χ2v) is 9.75. The highest BCUT2D eigenvalue weighted by Crippen LogP contribution is 2.35. The number of nitrogens with zero attached hydrogens (tertiary/aromatic N) is 4. The first-order chi connectivity index (χ1) is 19.4. The monoisotopic (exact) mass is 541 g/mol. The number of carbonyl (C=O) groups is 1. The molecule has 2 aromatic carbocycles. The van der Waals surface area contributed by atoms with Crippen LogP contribution in [-0.4, -0.2) is 45.6 Å². The van der Waals surface area contributed by atoms with Crippen molar-refractivity contribution in [3.63, 3.8) is 0 Å². The number of nitriles is 1. The van der Waals surface area contributed by atoms with Crippen LogP contribution < -0.4 is 10.6 Å². The van der Waals surface area contributed by atoms with Gasteiger partial charge in [0.05, 0.1) is 47.8 Å². The maximum Gasteiger partial charge on any atom is 0.231 e. The predicted octanol–water partition coefficient (Wildman–Crippen LogP) is 4.54. The highest BCUT2D eigenvalue weighted by atomic mass is 19.1. The van der Waals surface area contributed by atoms with E-state index in [1.54, 1.807) is 31.3 Å². The number of nitrogens with one attached hydrogen (secondary N) is 3. The largest absolute Gasteiger partial charge is 0.348 e. The van der Waals surface area contributed by atoms with E-state index in [9.17, 15) is 9.18 Å². The summed E-state index contributed by atoms with van der Waals surface area (Å²) in [7, 11) is 0. The molecule has 0 aliphatic carbocycles. The molecule has 10 nitrogen and oxygen atoms in total. The summed E-state index contributed by atoms with van der Waals surface area (Å²) in [4.78, 5) is 29.6. The van der Waals surface area contributed by atoms with Crippen molar-refractivity contribution < 1.29 is 18.7 Å². The normalized spacial score (nSPS) is 19.4. The SMILES string of the molecule is CC(Nc1nccc(-c2[nH]c(C3OCC(C)(C(=O)NCC#N)CO3)nc2-c2ccc(F)cc2)n1)c1ccccc1. The number of halogens is 1. The lowest BCUT2D eigenvalue weighted by atomic mass is 9.91. The lowest BCUT2D eigenvalue weighted by Crippen LogP contribution is -2.48. The summed E-state index contributed by atoms with van der Waals surface area (Å²) in [6.45, 7) is 3.76. The smallest absolute Gasteiger partial charge is 0.231 e. The lowest BCUT2D eigenvalue weighted by molar-refractivity contribution is -0.230. The Hall–Kier alpha value is -4.66. The molecule has 1 unspecified atom stereocenters. The maximum atomic E-state index is 13.7. The van der Waals surface area contributed by atoms with Crippen LogP contribution in [0.2, 0.25) is 0 Å². The third-order valence-corrected chi connectivity index (χ3v) is 6.60. The van der Waals surface area contributed by atoms with Crippen LogP contribution >= 0.6 is 0 Å². The molecule has 204 valence electrons. The molecule has 3 heterocycles. The number of imidazole rings is 1. The van der Waals surface area contributed by atoms with Gasteiger partial charge in [-0.2, -0.15) is 5.26 Å². The molecule has 4 aromatic rings. The van der Waals surface area contributed by atoms with Crippen molar-refractivity contribution in [2.45, 2.75) is 26.2 Å². The zero-order chi connectivity index (χ0) is 28.1. The van der Waals surface area contributed by atoms with Crippen LogP contribution in [0, 0.1) is 22.6 Å². The first-order valence-corrected chi connectivity index (χ1v) is 12.8. The minimum absolute atomic E-state index is 0.0333. The fraction of sp³-hybridized carbons (Fsp3) is 0.276. The van der Waals surface area contributed by atoms with Crippen molar-refractivity contribution in [3.05, 3.63) is 84.1 Å². The number of aromatic amines is 1. The highest BCUT2D eigenvalue weighted by Gasteiger charge is 2.40. The number of benzene rings is 2. The predicted molar refractivity (Wildman–Crippen MR) is 145 cm³/mol. The van der Waals surface area contributed by atoms with E-state index in [0.717, 1.165) is 5.56 Å². The van der Waals surface area contributed by atoms with E-state index in [2.05, 4.69) is 20.6 Å². The molecule has 0 radical (unpaired) electrons. The van der Waals surface area contributed by atoms with E-state index in [-0.39, 0.29) is 37.5 Å². The second-order valence-electron chi connectivity index (χ2n) is 9.75. The van der Waals surface area contributed by atoms with Gasteiger partial charge in [0.1, 0.15) is 12.4 Å². The van der Waals surface area contributed by atoms with Crippen LogP contribution in [0.3, 0.4) is 0 Å². The van der Waals surface area contributed by atoms with E-state index in [0.29, 0.717) is 34.4 Å². The molecule has 1 aliphatic rings. The van der Waals surface area contributed by atoms with Crippen LogP contribution in [0.1, 0.15) is 37.6 Å². The van der Waals surface area contributed by atoms with Gasteiger partial charge in [0.25, 0.3) is 0 Å². The van der Waals surface area contributed by atoms with Gasteiger partial charge in [-0.25, -0.2) is 19.3 Å². The van der Waals surface area contributed by atoms with Gasteiger partial charge < -0.3 is 25.1 Å². The third-order valence-electron chi connectivity index (χ3n) is 6.60. The van der Waals surface area contributed by atoms with Crippen LogP contribution in [-0.2, 0) is 14.3 Å². The summed E-state index contributed by atoms with van der Waals surface area (Å²) in [5, 5.41) is 14.6. The van der Waals surface area contributed by atoms with Crippen LogP contribution in [0.5, 0.6) is 0 Å². The Bertz CT molecular complexity index is 1510. The van der Waals surface area contributed by atoms with Gasteiger partial charge in [0, 0.05) is 11.8 Å². The molecule has 0 bridgehead atoms. The Kier molecular flexibility index (Phi) is 7.82. The number of ether oxygens (including phenoxy) is 2. The zero-order valence-corrected chi connectivity index (χ0v) is 22.0. The number of anilines is 1. The number of hydrogen-bond donors (Lipinski definition) is 3. The van der Waals surface area contributed by atoms with E-state index < -0.39 is 11.7 Å². The first-order valence-electron chi connectivity index (χ1n) is 12.8. The van der Waals surface area contributed by atoms with Crippen molar-refractivity contribution in [3.8, 4) is 28.7 Å². The summed E-state index contributed by atoms with van der Waals surface area (Å²) in [5.41, 5.74) is 2.47. The topological polar surface area (TPSA) is 138 Å². The Morgan fingerprint density at radius 2 is 1.88 bits per heavy atom. The third kappa shape index (κ3) is 5.83. The number of carbonyl (C=O) groups excluding carboxylic acids is 1. The number of aromatic nitrogens is 4. The quantitative estimate of drug-likeness (QED) is 0.277. The Morgan fingerprint density at radius 3 is 2.58 bits per heavy atom. The minimum Gasteiger partial charge on any atom is -0.348 e. The van der Waals surface area contributed by atoms with Gasteiger partial charge in [-0.15, -0.1) is 0 Å². The molecule has 5 rings (SSSR count). The molecule has 3 N–H and O–H groups in total. The first kappa shape index (κ1) is 26.9. The fourth-order valence-electron chi connectivity index (χ4n) is 4.32. The second kappa shape index (κ2) is 11.6. The zero-order valence-electron chi connectivity index (χ0n) is 22.0. The van der Waals surface area contributed by atoms with Crippen LogP contribution in [0.15, 0.2) is 66.9 Å².